The maximum atomic E-state index is 6.44. The van der Waals surface area contributed by atoms with E-state index in [4.69, 9.17) is 18.0 Å². The second-order valence-corrected chi connectivity index (χ2v) is 9.65. The van der Waals surface area contributed by atoms with Gasteiger partial charge in [-0.05, 0) is 43.2 Å². The molecule has 28 heavy (non-hydrogen) atoms. The quantitative estimate of drug-likeness (QED) is 0.0521. The molecule has 0 aliphatic heterocycles. The van der Waals surface area contributed by atoms with Gasteiger partial charge < -0.3 is 4.48 Å². The van der Waals surface area contributed by atoms with Crippen molar-refractivity contribution in [1.29, 1.82) is 0 Å². The molecule has 1 nitrogen and oxygen atoms in total. The zero-order valence-electron chi connectivity index (χ0n) is 18.1. The van der Waals surface area contributed by atoms with E-state index < -0.39 is 0 Å². The minimum atomic E-state index is 0.234. The molecule has 0 bridgehead atoms. The number of hydrogen-bond donors (Lipinski definition) is 0. The maximum absolute atomic E-state index is 6.44. The summed E-state index contributed by atoms with van der Waals surface area (Å²) in [5, 5.41) is 0.886. The third-order valence-electron chi connectivity index (χ3n) is 5.82. The maximum Gasteiger partial charge on any atom is 0.200 e. The van der Waals surface area contributed by atoms with Crippen molar-refractivity contribution in [3.8, 4) is 12.3 Å². The van der Waals surface area contributed by atoms with E-state index in [0.29, 0.717) is 0 Å². The van der Waals surface area contributed by atoms with Gasteiger partial charge in [0, 0.05) is 34.0 Å². The summed E-state index contributed by atoms with van der Waals surface area (Å²) >= 11 is 8.95. The smallest absolute Gasteiger partial charge is 0.200 e. The van der Waals surface area contributed by atoms with Gasteiger partial charge in [0.15, 0.2) is 0 Å². The van der Waals surface area contributed by atoms with Crippen molar-refractivity contribution in [2.45, 2.75) is 88.5 Å². The van der Waals surface area contributed by atoms with Crippen molar-refractivity contribution in [2.24, 2.45) is 0 Å². The van der Waals surface area contributed by atoms with Crippen LogP contribution in [0.25, 0.3) is 0 Å². The van der Waals surface area contributed by atoms with Crippen LogP contribution in [0.15, 0.2) is 24.3 Å². The highest BCUT2D eigenvalue weighted by molar-refractivity contribution is 14.1. The van der Waals surface area contributed by atoms with E-state index in [9.17, 15) is 0 Å². The van der Waals surface area contributed by atoms with Gasteiger partial charge >= 0.3 is 0 Å². The van der Waals surface area contributed by atoms with E-state index in [2.05, 4.69) is 54.5 Å². The van der Waals surface area contributed by atoms with Gasteiger partial charge in [0.25, 0.3) is 0 Å². The third-order valence-corrected chi connectivity index (χ3v) is 7.73. The molecule has 0 aliphatic carbocycles. The van der Waals surface area contributed by atoms with Crippen LogP contribution in [-0.2, 0) is 6.42 Å². The Balaban J connectivity index is 2.81. The molecule has 1 unspecified atom stereocenters. The summed E-state index contributed by atoms with van der Waals surface area (Å²) in [6.45, 7) is 8.03. The number of benzene rings is 1. The summed E-state index contributed by atoms with van der Waals surface area (Å²) in [5.41, 5.74) is 1.25. The Morgan fingerprint density at radius 1 is 0.893 bits per heavy atom. The highest BCUT2D eigenvalue weighted by Gasteiger charge is 2.33. The van der Waals surface area contributed by atoms with Crippen LogP contribution in [0, 0.1) is 12.3 Å². The number of nitrogens with zero attached hydrogens (tertiary/aromatic N) is 1. The fraction of sp³-hybridized carbons (Fsp3) is 0.680. The molecule has 0 amide bonds. The van der Waals surface area contributed by atoms with E-state index in [1.54, 1.807) is 0 Å². The number of alkyl halides is 1. The highest BCUT2D eigenvalue weighted by Crippen LogP contribution is 2.26. The summed E-state index contributed by atoms with van der Waals surface area (Å²) < 4.78 is 1.28. The van der Waals surface area contributed by atoms with Gasteiger partial charge in [0.2, 0.25) is 4.05 Å². The molecule has 0 saturated heterocycles. The van der Waals surface area contributed by atoms with E-state index >= 15 is 0 Å². The number of halogens is 2. The largest absolute Gasteiger partial charge is 0.303 e. The van der Waals surface area contributed by atoms with Crippen LogP contribution in [0.5, 0.6) is 0 Å². The molecule has 1 atom stereocenters. The van der Waals surface area contributed by atoms with E-state index in [1.807, 2.05) is 12.1 Å². The number of rotatable bonds is 16. The molecule has 0 heterocycles. The molecule has 0 aromatic heterocycles. The molecule has 0 radical (unpaired) electrons. The third kappa shape index (κ3) is 9.51. The van der Waals surface area contributed by atoms with Gasteiger partial charge in [-0.15, -0.1) is 6.42 Å². The average molecular weight is 517 g/mol. The molecular formula is C25H40ClIN+. The second-order valence-electron chi connectivity index (χ2n) is 8.06. The van der Waals surface area contributed by atoms with E-state index in [1.165, 1.54) is 82.9 Å². The van der Waals surface area contributed by atoms with Crippen LogP contribution in [0.1, 0.15) is 83.6 Å². The predicted molar refractivity (Wildman–Crippen MR) is 134 cm³/mol. The molecule has 0 saturated carbocycles. The summed E-state index contributed by atoms with van der Waals surface area (Å²) in [4.78, 5) is 0. The van der Waals surface area contributed by atoms with Gasteiger partial charge in [-0.3, -0.25) is 0 Å². The lowest BCUT2D eigenvalue weighted by molar-refractivity contribution is -0.927. The van der Waals surface area contributed by atoms with Crippen LogP contribution < -0.4 is 0 Å². The van der Waals surface area contributed by atoms with Crippen molar-refractivity contribution in [2.75, 3.05) is 19.6 Å². The lowest BCUT2D eigenvalue weighted by Crippen LogP contribution is -2.54. The standard InChI is InChI=1S/C25H40ClIN/c1-4-7-9-11-15-20-28(25(27)6-3,21-16-12-10-8-5-2)22-19-23-17-13-14-18-24(23)26/h3,13-14,17-18,25H,4-5,7-12,15-16,19-22H2,1-2H3/q+1. The van der Waals surface area contributed by atoms with Crippen molar-refractivity contribution < 1.29 is 4.48 Å². The van der Waals surface area contributed by atoms with E-state index in [-0.39, 0.29) is 4.05 Å². The fourth-order valence-electron chi connectivity index (χ4n) is 3.94. The Labute approximate surface area is 193 Å². The first kappa shape index (κ1) is 25.8. The Bertz CT molecular complexity index is 552. The Morgan fingerprint density at radius 2 is 1.43 bits per heavy atom. The van der Waals surface area contributed by atoms with Crippen LogP contribution in [-0.4, -0.2) is 28.2 Å². The van der Waals surface area contributed by atoms with Gasteiger partial charge in [-0.25, -0.2) is 0 Å². The number of terminal acetylenes is 1. The normalized spacial score (nSPS) is 12.7. The zero-order valence-corrected chi connectivity index (χ0v) is 21.0. The molecule has 0 aliphatic rings. The summed E-state index contributed by atoms with van der Waals surface area (Å²) in [6.07, 6.45) is 20.1. The first-order chi connectivity index (χ1) is 13.6. The minimum Gasteiger partial charge on any atom is -0.303 e. The zero-order chi connectivity index (χ0) is 20.7. The molecule has 158 valence electrons. The lowest BCUT2D eigenvalue weighted by atomic mass is 10.1. The van der Waals surface area contributed by atoms with Gasteiger partial charge in [0.05, 0.1) is 19.6 Å². The Morgan fingerprint density at radius 3 is 1.93 bits per heavy atom. The number of quaternary nitrogens is 1. The van der Waals surface area contributed by atoms with Crippen LogP contribution in [0.3, 0.4) is 0 Å². The molecule has 1 aromatic rings. The summed E-state index contributed by atoms with van der Waals surface area (Å²) in [7, 11) is 0. The van der Waals surface area contributed by atoms with E-state index in [0.717, 1.165) is 22.5 Å². The van der Waals surface area contributed by atoms with Gasteiger partial charge in [-0.1, -0.05) is 82.2 Å². The van der Waals surface area contributed by atoms with Gasteiger partial charge in [-0.2, -0.15) is 0 Å². The summed E-state index contributed by atoms with van der Waals surface area (Å²) in [6, 6.07) is 8.27. The van der Waals surface area contributed by atoms with Crippen LogP contribution in [0.4, 0.5) is 0 Å². The lowest BCUT2D eigenvalue weighted by Gasteiger charge is -2.41. The monoisotopic (exact) mass is 516 g/mol. The van der Waals surface area contributed by atoms with Crippen molar-refractivity contribution in [1.82, 2.24) is 0 Å². The van der Waals surface area contributed by atoms with Crippen LogP contribution >= 0.6 is 34.2 Å². The molecule has 0 fully saturated rings. The number of hydrogen-bond acceptors (Lipinski definition) is 0. The molecule has 1 aromatic carbocycles. The first-order valence-electron chi connectivity index (χ1n) is 11.3. The van der Waals surface area contributed by atoms with Crippen molar-refractivity contribution in [3.05, 3.63) is 34.9 Å². The highest BCUT2D eigenvalue weighted by atomic mass is 127. The first-order valence-corrected chi connectivity index (χ1v) is 12.9. The van der Waals surface area contributed by atoms with Crippen LogP contribution in [0.2, 0.25) is 5.02 Å². The topological polar surface area (TPSA) is 0 Å². The predicted octanol–water partition coefficient (Wildman–Crippen LogP) is 8.03. The Hall–Kier alpha value is -0.240. The Kier molecular flexibility index (Phi) is 14.4. The SMILES string of the molecule is C#CC(I)[N+](CCCCCCC)(CCCCCCC)CCc1ccccc1Cl. The fourth-order valence-corrected chi connectivity index (χ4v) is 5.00. The second kappa shape index (κ2) is 15.6. The molecule has 1 rings (SSSR count). The van der Waals surface area contributed by atoms with Crippen molar-refractivity contribution in [3.63, 3.8) is 0 Å². The molecule has 0 spiro atoms. The molecular weight excluding hydrogens is 477 g/mol. The molecule has 0 N–H and O–H groups in total. The molecule has 3 heteroatoms. The number of unbranched alkanes of at least 4 members (excludes halogenated alkanes) is 8. The van der Waals surface area contributed by atoms with Gasteiger partial charge in [0.1, 0.15) is 0 Å². The summed E-state index contributed by atoms with van der Waals surface area (Å²) in [5.74, 6) is 3.09. The van der Waals surface area contributed by atoms with Crippen molar-refractivity contribution >= 4 is 34.2 Å². The average Bonchev–Trinajstić information content (AvgIpc) is 2.71. The minimum absolute atomic E-state index is 0.234.